The molecule has 1 aliphatic heterocycles. The molecule has 1 saturated heterocycles. The number of nitrogens with zero attached hydrogens (tertiary/aromatic N) is 1. The summed E-state index contributed by atoms with van der Waals surface area (Å²) in [4.78, 5) is 1.98. The minimum atomic E-state index is -0.484. The number of likely N-dealkylation sites (tertiary alicyclic amines) is 1. The molecule has 0 aromatic rings. The molecule has 11 heavy (non-hydrogen) atoms. The molecule has 1 rings (SSSR count). The van der Waals surface area contributed by atoms with Crippen LogP contribution in [0, 0.1) is 0 Å². The fourth-order valence-electron chi connectivity index (χ4n) is 1.33. The summed E-state index contributed by atoms with van der Waals surface area (Å²) >= 11 is 0. The Kier molecular flexibility index (Phi) is 3.05. The first-order valence-corrected chi connectivity index (χ1v) is 4.04. The third-order valence-corrected chi connectivity index (χ3v) is 2.16. The van der Waals surface area contributed by atoms with E-state index in [0.717, 1.165) is 25.9 Å². The van der Waals surface area contributed by atoms with Gasteiger partial charge in [-0.25, -0.2) is 0 Å². The summed E-state index contributed by atoms with van der Waals surface area (Å²) < 4.78 is 0. The van der Waals surface area contributed by atoms with Gasteiger partial charge in [-0.1, -0.05) is 6.58 Å². The van der Waals surface area contributed by atoms with Crippen LogP contribution in [0.25, 0.3) is 0 Å². The molecule has 0 amide bonds. The van der Waals surface area contributed by atoms with Crippen LogP contribution in [0.3, 0.4) is 0 Å². The van der Waals surface area contributed by atoms with Crippen LogP contribution in [-0.4, -0.2) is 35.4 Å². The molecule has 3 N–H and O–H groups in total. The zero-order valence-corrected chi connectivity index (χ0v) is 6.74. The van der Waals surface area contributed by atoms with Gasteiger partial charge in [-0.05, 0) is 18.9 Å². The molecule has 1 atom stereocenters. The van der Waals surface area contributed by atoms with Crippen molar-refractivity contribution >= 4 is 0 Å². The Morgan fingerprint density at radius 1 is 1.55 bits per heavy atom. The van der Waals surface area contributed by atoms with Crippen molar-refractivity contribution in [1.29, 1.82) is 0 Å². The van der Waals surface area contributed by atoms with E-state index in [1.807, 2.05) is 4.90 Å². The Balaban J connectivity index is 2.32. The summed E-state index contributed by atoms with van der Waals surface area (Å²) in [6.07, 6.45) is 3.02. The second-order valence-corrected chi connectivity index (χ2v) is 3.02. The SMILES string of the molecule is C=CC(O)N1CCC(N)CC1. The second-order valence-electron chi connectivity index (χ2n) is 3.02. The van der Waals surface area contributed by atoms with Gasteiger partial charge in [0.2, 0.25) is 0 Å². The van der Waals surface area contributed by atoms with Gasteiger partial charge in [-0.2, -0.15) is 0 Å². The van der Waals surface area contributed by atoms with Gasteiger partial charge < -0.3 is 10.8 Å². The van der Waals surface area contributed by atoms with Crippen LogP contribution in [0.1, 0.15) is 12.8 Å². The highest BCUT2D eigenvalue weighted by molar-refractivity contribution is 4.83. The topological polar surface area (TPSA) is 49.5 Å². The fourth-order valence-corrected chi connectivity index (χ4v) is 1.33. The molecule has 64 valence electrons. The third-order valence-electron chi connectivity index (χ3n) is 2.16. The molecule has 0 aromatic heterocycles. The summed E-state index contributed by atoms with van der Waals surface area (Å²) in [5, 5.41) is 9.34. The smallest absolute Gasteiger partial charge is 0.126 e. The van der Waals surface area contributed by atoms with Crippen LogP contribution in [0.15, 0.2) is 12.7 Å². The van der Waals surface area contributed by atoms with Gasteiger partial charge in [-0.15, -0.1) is 0 Å². The monoisotopic (exact) mass is 156 g/mol. The lowest BCUT2D eigenvalue weighted by Gasteiger charge is -2.32. The molecule has 1 fully saturated rings. The third kappa shape index (κ3) is 2.29. The highest BCUT2D eigenvalue weighted by Crippen LogP contribution is 2.10. The maximum Gasteiger partial charge on any atom is 0.126 e. The first-order valence-electron chi connectivity index (χ1n) is 4.04. The van der Waals surface area contributed by atoms with Crippen molar-refractivity contribution in [2.45, 2.75) is 25.1 Å². The molecule has 0 radical (unpaired) electrons. The largest absolute Gasteiger partial charge is 0.375 e. The maximum absolute atomic E-state index is 9.34. The van der Waals surface area contributed by atoms with Gasteiger partial charge in [-0.3, -0.25) is 4.90 Å². The fraction of sp³-hybridized carbons (Fsp3) is 0.750. The lowest BCUT2D eigenvalue weighted by molar-refractivity contribution is 0.0250. The van der Waals surface area contributed by atoms with E-state index in [1.54, 1.807) is 6.08 Å². The van der Waals surface area contributed by atoms with E-state index < -0.39 is 6.23 Å². The Hall–Kier alpha value is -0.380. The molecule has 0 saturated carbocycles. The van der Waals surface area contributed by atoms with E-state index in [9.17, 15) is 5.11 Å². The van der Waals surface area contributed by atoms with Crippen molar-refractivity contribution in [2.24, 2.45) is 5.73 Å². The van der Waals surface area contributed by atoms with Crippen LogP contribution in [0.2, 0.25) is 0 Å². The summed E-state index contributed by atoms with van der Waals surface area (Å²) in [6.45, 7) is 5.30. The van der Waals surface area contributed by atoms with Crippen LogP contribution in [-0.2, 0) is 0 Å². The normalized spacial score (nSPS) is 24.9. The van der Waals surface area contributed by atoms with Gasteiger partial charge >= 0.3 is 0 Å². The van der Waals surface area contributed by atoms with E-state index in [4.69, 9.17) is 5.73 Å². The Morgan fingerprint density at radius 3 is 2.55 bits per heavy atom. The van der Waals surface area contributed by atoms with Crippen LogP contribution in [0.4, 0.5) is 0 Å². The van der Waals surface area contributed by atoms with Crippen molar-refractivity contribution in [1.82, 2.24) is 4.90 Å². The number of rotatable bonds is 2. The quantitative estimate of drug-likeness (QED) is 0.549. The molecule has 0 bridgehead atoms. The van der Waals surface area contributed by atoms with E-state index in [2.05, 4.69) is 6.58 Å². The zero-order chi connectivity index (χ0) is 8.27. The highest BCUT2D eigenvalue weighted by atomic mass is 16.3. The summed E-state index contributed by atoms with van der Waals surface area (Å²) in [7, 11) is 0. The zero-order valence-electron chi connectivity index (χ0n) is 6.74. The highest BCUT2D eigenvalue weighted by Gasteiger charge is 2.19. The van der Waals surface area contributed by atoms with Crippen molar-refractivity contribution in [2.75, 3.05) is 13.1 Å². The van der Waals surface area contributed by atoms with Crippen LogP contribution in [0.5, 0.6) is 0 Å². The number of hydrogen-bond acceptors (Lipinski definition) is 3. The molecule has 1 heterocycles. The average Bonchev–Trinajstić information content (AvgIpc) is 2.05. The van der Waals surface area contributed by atoms with Gasteiger partial charge in [0.1, 0.15) is 6.23 Å². The first kappa shape index (κ1) is 8.71. The Morgan fingerprint density at radius 2 is 2.09 bits per heavy atom. The summed E-state index contributed by atoms with van der Waals surface area (Å²) in [5.74, 6) is 0. The molecule has 0 spiro atoms. The minimum Gasteiger partial charge on any atom is -0.375 e. The number of nitrogens with two attached hydrogens (primary N) is 1. The van der Waals surface area contributed by atoms with Crippen molar-refractivity contribution in [3.05, 3.63) is 12.7 Å². The van der Waals surface area contributed by atoms with E-state index in [1.165, 1.54) is 0 Å². The minimum absolute atomic E-state index is 0.322. The van der Waals surface area contributed by atoms with Crippen LogP contribution < -0.4 is 5.73 Å². The van der Waals surface area contributed by atoms with Gasteiger partial charge in [0.05, 0.1) is 0 Å². The van der Waals surface area contributed by atoms with Gasteiger partial charge in [0, 0.05) is 19.1 Å². The second kappa shape index (κ2) is 3.85. The van der Waals surface area contributed by atoms with E-state index in [-0.39, 0.29) is 0 Å². The number of aliphatic hydroxyl groups is 1. The molecular weight excluding hydrogens is 140 g/mol. The lowest BCUT2D eigenvalue weighted by atomic mass is 10.1. The maximum atomic E-state index is 9.34. The van der Waals surface area contributed by atoms with Gasteiger partial charge in [0.25, 0.3) is 0 Å². The molecule has 3 heteroatoms. The van der Waals surface area contributed by atoms with Crippen molar-refractivity contribution in [3.63, 3.8) is 0 Å². The molecule has 1 aliphatic rings. The van der Waals surface area contributed by atoms with Crippen molar-refractivity contribution in [3.8, 4) is 0 Å². The van der Waals surface area contributed by atoms with E-state index >= 15 is 0 Å². The number of hydrogen-bond donors (Lipinski definition) is 2. The predicted molar refractivity (Wildman–Crippen MR) is 45.0 cm³/mol. The molecule has 0 aromatic carbocycles. The standard InChI is InChI=1S/C8H16N2O/c1-2-8(11)10-5-3-7(9)4-6-10/h2,7-8,11H,1,3-6,9H2. The summed E-state index contributed by atoms with van der Waals surface area (Å²) in [6, 6.07) is 0.322. The lowest BCUT2D eigenvalue weighted by Crippen LogP contribution is -2.44. The Bertz CT molecular complexity index is 130. The number of aliphatic hydroxyl groups excluding tert-OH is 1. The van der Waals surface area contributed by atoms with Crippen LogP contribution >= 0.6 is 0 Å². The predicted octanol–water partition coefficient (Wildman–Crippen LogP) is -0.0861. The van der Waals surface area contributed by atoms with Gasteiger partial charge in [0.15, 0.2) is 0 Å². The number of piperidine rings is 1. The average molecular weight is 156 g/mol. The summed E-state index contributed by atoms with van der Waals surface area (Å²) in [5.41, 5.74) is 5.70. The Labute approximate surface area is 67.5 Å². The molecule has 1 unspecified atom stereocenters. The van der Waals surface area contributed by atoms with Crippen molar-refractivity contribution < 1.29 is 5.11 Å². The molecule has 0 aliphatic carbocycles. The van der Waals surface area contributed by atoms with E-state index in [0.29, 0.717) is 6.04 Å². The molecular formula is C8H16N2O. The molecule has 3 nitrogen and oxygen atoms in total. The first-order chi connectivity index (χ1) is 5.24.